The van der Waals surface area contributed by atoms with E-state index in [2.05, 4.69) is 4.98 Å². The van der Waals surface area contributed by atoms with E-state index in [9.17, 15) is 9.59 Å². The molecule has 0 aliphatic heterocycles. The van der Waals surface area contributed by atoms with Gasteiger partial charge in [0, 0.05) is 28.3 Å². The van der Waals surface area contributed by atoms with Gasteiger partial charge >= 0.3 is 0 Å². The number of rotatable bonds is 4. The second kappa shape index (κ2) is 8.55. The molecule has 4 heterocycles. The number of aryl methyl sites for hydroxylation is 2. The minimum Gasteiger partial charge on any atom is -0.269 e. The van der Waals surface area contributed by atoms with E-state index < -0.39 is 0 Å². The average molecular weight is 493 g/mol. The molecule has 0 amide bonds. The molecule has 0 saturated heterocycles. The highest BCUT2D eigenvalue weighted by Crippen LogP contribution is 2.35. The van der Waals surface area contributed by atoms with Crippen LogP contribution in [0.3, 0.4) is 0 Å². The lowest BCUT2D eigenvalue weighted by Gasteiger charge is -2.12. The Morgan fingerprint density at radius 3 is 2.76 bits per heavy atom. The van der Waals surface area contributed by atoms with Crippen LogP contribution in [0.4, 0.5) is 0 Å². The van der Waals surface area contributed by atoms with E-state index in [1.54, 1.807) is 32.6 Å². The first kappa shape index (κ1) is 20.8. The van der Waals surface area contributed by atoms with Crippen LogP contribution in [0.2, 0.25) is 0 Å². The van der Waals surface area contributed by atoms with Gasteiger partial charge in [0.25, 0.3) is 11.1 Å². The third kappa shape index (κ3) is 3.74. The molecule has 0 bridgehead atoms. The number of benzene rings is 1. The number of thioether (sulfide) groups is 1. The lowest BCUT2D eigenvalue weighted by atomic mass is 10.1. The first-order valence-corrected chi connectivity index (χ1v) is 13.6. The topological polar surface area (TPSA) is 69.3 Å². The highest BCUT2D eigenvalue weighted by molar-refractivity contribution is 7.98. The molecule has 0 N–H and O–H groups in total. The number of aromatic nitrogens is 4. The summed E-state index contributed by atoms with van der Waals surface area (Å²) < 4.78 is 3.27. The highest BCUT2D eigenvalue weighted by Gasteiger charge is 2.22. The van der Waals surface area contributed by atoms with Crippen molar-refractivity contribution in [3.05, 3.63) is 84.8 Å². The fourth-order valence-corrected chi connectivity index (χ4v) is 7.31. The van der Waals surface area contributed by atoms with Crippen LogP contribution in [0, 0.1) is 0 Å². The van der Waals surface area contributed by atoms with Crippen molar-refractivity contribution in [2.75, 3.05) is 0 Å². The Bertz CT molecular complexity index is 1600. The molecule has 0 saturated carbocycles. The minimum absolute atomic E-state index is 0.00478. The van der Waals surface area contributed by atoms with E-state index in [1.165, 1.54) is 46.4 Å². The number of thiazole rings is 1. The summed E-state index contributed by atoms with van der Waals surface area (Å²) in [6.45, 7) is 0. The van der Waals surface area contributed by atoms with Crippen molar-refractivity contribution in [3.63, 3.8) is 0 Å². The third-order valence-electron chi connectivity index (χ3n) is 5.93. The molecule has 6 rings (SSSR count). The quantitative estimate of drug-likeness (QED) is 0.199. The molecule has 33 heavy (non-hydrogen) atoms. The maximum Gasteiger partial charge on any atom is 0.267 e. The van der Waals surface area contributed by atoms with Crippen molar-refractivity contribution in [1.82, 2.24) is 18.9 Å². The van der Waals surface area contributed by atoms with Gasteiger partial charge in [-0.25, -0.2) is 9.97 Å². The number of thiophene rings is 1. The Morgan fingerprint density at radius 1 is 1.03 bits per heavy atom. The van der Waals surface area contributed by atoms with Gasteiger partial charge in [-0.3, -0.25) is 18.6 Å². The lowest BCUT2D eigenvalue weighted by Crippen LogP contribution is -2.22. The summed E-state index contributed by atoms with van der Waals surface area (Å²) in [5.41, 5.74) is 2.58. The second-order valence-corrected chi connectivity index (χ2v) is 10.9. The Balaban J connectivity index is 1.48. The van der Waals surface area contributed by atoms with Gasteiger partial charge in [-0.05, 0) is 43.4 Å². The Kier molecular flexibility index (Phi) is 5.40. The van der Waals surface area contributed by atoms with E-state index >= 15 is 0 Å². The fraction of sp³-hybridized carbons (Fsp3) is 0.250. The van der Waals surface area contributed by atoms with Crippen LogP contribution in [0.1, 0.15) is 35.4 Å². The smallest absolute Gasteiger partial charge is 0.267 e. The molecule has 0 fully saturated rings. The van der Waals surface area contributed by atoms with Gasteiger partial charge in [-0.1, -0.05) is 36.4 Å². The van der Waals surface area contributed by atoms with Gasteiger partial charge in [0.15, 0.2) is 10.1 Å². The van der Waals surface area contributed by atoms with Crippen molar-refractivity contribution in [2.45, 2.75) is 43.0 Å². The number of fused-ring (bicyclic) bond motifs is 4. The Labute approximate surface area is 201 Å². The van der Waals surface area contributed by atoms with Gasteiger partial charge in [0.05, 0.1) is 16.8 Å². The molecule has 1 aliphatic rings. The van der Waals surface area contributed by atoms with Crippen molar-refractivity contribution in [1.29, 1.82) is 0 Å². The molecule has 0 atom stereocenters. The Hall–Kier alpha value is -2.75. The van der Waals surface area contributed by atoms with Crippen molar-refractivity contribution in [2.24, 2.45) is 0 Å². The van der Waals surface area contributed by atoms with Crippen LogP contribution in [0.25, 0.3) is 20.9 Å². The van der Waals surface area contributed by atoms with Crippen LogP contribution >= 0.6 is 34.4 Å². The largest absolute Gasteiger partial charge is 0.269 e. The molecule has 166 valence electrons. The SMILES string of the molecule is O=c1c2c3c(sc2nc(SCc2cc(=O)n4ccsc4n2)n1-c1ccccc1)CCCCC3. The maximum absolute atomic E-state index is 13.8. The van der Waals surface area contributed by atoms with Crippen LogP contribution in [0.5, 0.6) is 0 Å². The van der Waals surface area contributed by atoms with E-state index in [-0.39, 0.29) is 11.1 Å². The zero-order valence-corrected chi connectivity index (χ0v) is 20.1. The van der Waals surface area contributed by atoms with Crippen molar-refractivity contribution < 1.29 is 0 Å². The monoisotopic (exact) mass is 492 g/mol. The van der Waals surface area contributed by atoms with Gasteiger partial charge < -0.3 is 0 Å². The number of para-hydroxylation sites is 1. The van der Waals surface area contributed by atoms with Crippen LogP contribution in [-0.2, 0) is 18.6 Å². The summed E-state index contributed by atoms with van der Waals surface area (Å²) in [5.74, 6) is 0.458. The molecule has 0 unspecified atom stereocenters. The van der Waals surface area contributed by atoms with Crippen LogP contribution in [0.15, 0.2) is 62.7 Å². The lowest BCUT2D eigenvalue weighted by molar-refractivity contribution is 0.713. The molecular weight excluding hydrogens is 472 g/mol. The average Bonchev–Trinajstić information content (AvgIpc) is 3.37. The van der Waals surface area contributed by atoms with Crippen LogP contribution < -0.4 is 11.1 Å². The third-order valence-corrected chi connectivity index (χ3v) is 8.84. The molecule has 0 radical (unpaired) electrons. The van der Waals surface area contributed by atoms with Gasteiger partial charge in [-0.2, -0.15) is 0 Å². The van der Waals surface area contributed by atoms with Gasteiger partial charge in [0.1, 0.15) is 4.83 Å². The zero-order valence-electron chi connectivity index (χ0n) is 17.7. The maximum atomic E-state index is 13.8. The fourth-order valence-electron chi connectivity index (χ4n) is 4.36. The van der Waals surface area contributed by atoms with E-state index in [4.69, 9.17) is 4.98 Å². The summed E-state index contributed by atoms with van der Waals surface area (Å²) in [7, 11) is 0. The van der Waals surface area contributed by atoms with Gasteiger partial charge in [0.2, 0.25) is 0 Å². The summed E-state index contributed by atoms with van der Waals surface area (Å²) in [5, 5.41) is 3.26. The molecular formula is C24H20N4O2S3. The molecule has 1 aliphatic carbocycles. The number of hydrogen-bond donors (Lipinski definition) is 0. The standard InChI is InChI=1S/C24H20N4O2S3/c29-19-13-15(25-23-27(19)11-12-31-23)14-32-24-26-21-20(17-9-5-2-6-10-18(17)33-21)22(30)28(24)16-7-3-1-4-8-16/h1,3-4,7-8,11-13H,2,5-6,9-10,14H2. The first-order chi connectivity index (χ1) is 16.2. The molecule has 0 spiro atoms. The summed E-state index contributed by atoms with van der Waals surface area (Å²) in [6, 6.07) is 11.2. The number of nitrogens with zero attached hydrogens (tertiary/aromatic N) is 4. The normalized spacial score (nSPS) is 13.9. The Morgan fingerprint density at radius 2 is 1.88 bits per heavy atom. The zero-order chi connectivity index (χ0) is 22.4. The number of hydrogen-bond acceptors (Lipinski definition) is 7. The molecule has 6 nitrogen and oxygen atoms in total. The van der Waals surface area contributed by atoms with E-state index in [0.29, 0.717) is 21.6 Å². The van der Waals surface area contributed by atoms with Gasteiger partial charge in [-0.15, -0.1) is 22.7 Å². The molecule has 4 aromatic heterocycles. The first-order valence-electron chi connectivity index (χ1n) is 10.9. The minimum atomic E-state index is -0.0947. The van der Waals surface area contributed by atoms with Crippen molar-refractivity contribution in [3.8, 4) is 5.69 Å². The van der Waals surface area contributed by atoms with E-state index in [0.717, 1.165) is 35.2 Å². The van der Waals surface area contributed by atoms with E-state index in [1.807, 2.05) is 35.7 Å². The van der Waals surface area contributed by atoms with Crippen LogP contribution in [-0.4, -0.2) is 18.9 Å². The summed E-state index contributed by atoms with van der Waals surface area (Å²) in [4.78, 5) is 38.6. The summed E-state index contributed by atoms with van der Waals surface area (Å²) >= 11 is 4.55. The molecule has 1 aromatic carbocycles. The van der Waals surface area contributed by atoms with Crippen molar-refractivity contribution >= 4 is 49.6 Å². The highest BCUT2D eigenvalue weighted by atomic mass is 32.2. The summed E-state index contributed by atoms with van der Waals surface area (Å²) in [6.07, 6.45) is 7.20. The second-order valence-electron chi connectivity index (χ2n) is 8.05. The predicted molar refractivity (Wildman–Crippen MR) is 135 cm³/mol. The predicted octanol–water partition coefficient (Wildman–Crippen LogP) is 5.08. The molecule has 9 heteroatoms. The molecule has 5 aromatic rings.